The minimum atomic E-state index is 0.0282. The highest BCUT2D eigenvalue weighted by Crippen LogP contribution is 2.08. The molecule has 15 heavy (non-hydrogen) atoms. The normalized spacial score (nSPS) is 10.2. The summed E-state index contributed by atoms with van der Waals surface area (Å²) >= 11 is 2.17. The maximum Gasteiger partial charge on any atom is 0.154 e. The predicted octanol–water partition coefficient (Wildman–Crippen LogP) is 1.16. The number of hydrogen-bond acceptors (Lipinski definition) is 3. The van der Waals surface area contributed by atoms with Crippen molar-refractivity contribution in [1.82, 2.24) is 14.8 Å². The SMILES string of the molecule is N=C(N)c1ccnc(-n2cc(I)cn2)c1. The van der Waals surface area contributed by atoms with Crippen LogP contribution in [0.15, 0.2) is 30.7 Å². The fourth-order valence-corrected chi connectivity index (χ4v) is 1.53. The quantitative estimate of drug-likeness (QED) is 0.496. The van der Waals surface area contributed by atoms with E-state index in [0.717, 1.165) is 3.57 Å². The number of pyridine rings is 1. The summed E-state index contributed by atoms with van der Waals surface area (Å²) in [4.78, 5) is 4.15. The van der Waals surface area contributed by atoms with E-state index in [4.69, 9.17) is 11.1 Å². The third-order valence-electron chi connectivity index (χ3n) is 1.84. The van der Waals surface area contributed by atoms with E-state index in [1.165, 1.54) is 0 Å². The number of hydrogen-bond donors (Lipinski definition) is 2. The van der Waals surface area contributed by atoms with Crippen LogP contribution in [0.25, 0.3) is 5.82 Å². The highest BCUT2D eigenvalue weighted by molar-refractivity contribution is 14.1. The minimum Gasteiger partial charge on any atom is -0.384 e. The summed E-state index contributed by atoms with van der Waals surface area (Å²) in [7, 11) is 0. The van der Waals surface area contributed by atoms with E-state index in [1.807, 2.05) is 6.20 Å². The molecule has 0 aliphatic heterocycles. The molecule has 0 bridgehead atoms. The molecule has 0 saturated carbocycles. The van der Waals surface area contributed by atoms with Crippen LogP contribution in [0.2, 0.25) is 0 Å². The Bertz CT molecular complexity index is 505. The van der Waals surface area contributed by atoms with Gasteiger partial charge < -0.3 is 5.73 Å². The van der Waals surface area contributed by atoms with Crippen LogP contribution in [0.1, 0.15) is 5.56 Å². The lowest BCUT2D eigenvalue weighted by Gasteiger charge is -2.02. The first-order valence-corrected chi connectivity index (χ1v) is 5.25. The molecule has 0 atom stereocenters. The second-order valence-electron chi connectivity index (χ2n) is 2.92. The highest BCUT2D eigenvalue weighted by atomic mass is 127. The fraction of sp³-hybridized carbons (Fsp3) is 0. The zero-order valence-electron chi connectivity index (χ0n) is 7.68. The Labute approximate surface area is 100.0 Å². The molecule has 2 aromatic rings. The van der Waals surface area contributed by atoms with Crippen molar-refractivity contribution in [2.45, 2.75) is 0 Å². The number of amidine groups is 1. The van der Waals surface area contributed by atoms with Crippen LogP contribution in [0.5, 0.6) is 0 Å². The largest absolute Gasteiger partial charge is 0.384 e. The van der Waals surface area contributed by atoms with E-state index < -0.39 is 0 Å². The Balaban J connectivity index is 2.45. The zero-order chi connectivity index (χ0) is 10.8. The Morgan fingerprint density at radius 3 is 2.93 bits per heavy atom. The van der Waals surface area contributed by atoms with Crippen molar-refractivity contribution in [2.24, 2.45) is 5.73 Å². The zero-order valence-corrected chi connectivity index (χ0v) is 9.84. The van der Waals surface area contributed by atoms with Gasteiger partial charge in [-0.3, -0.25) is 5.41 Å². The van der Waals surface area contributed by atoms with E-state index in [0.29, 0.717) is 11.4 Å². The van der Waals surface area contributed by atoms with Crippen LogP contribution in [0.3, 0.4) is 0 Å². The topological polar surface area (TPSA) is 80.6 Å². The molecule has 6 heteroatoms. The van der Waals surface area contributed by atoms with Gasteiger partial charge in [0.1, 0.15) is 5.84 Å². The van der Waals surface area contributed by atoms with E-state index in [-0.39, 0.29) is 5.84 Å². The lowest BCUT2D eigenvalue weighted by molar-refractivity contribution is 0.846. The number of halogens is 1. The van der Waals surface area contributed by atoms with Gasteiger partial charge in [-0.15, -0.1) is 0 Å². The molecule has 2 heterocycles. The van der Waals surface area contributed by atoms with Crippen LogP contribution in [0, 0.1) is 8.98 Å². The van der Waals surface area contributed by atoms with E-state index in [2.05, 4.69) is 32.7 Å². The van der Waals surface area contributed by atoms with Gasteiger partial charge in [-0.05, 0) is 34.7 Å². The molecule has 0 spiro atoms. The maximum atomic E-state index is 7.32. The molecule has 5 nitrogen and oxygen atoms in total. The summed E-state index contributed by atoms with van der Waals surface area (Å²) in [6, 6.07) is 3.42. The Morgan fingerprint density at radius 1 is 1.53 bits per heavy atom. The fourth-order valence-electron chi connectivity index (χ4n) is 1.14. The molecule has 0 saturated heterocycles. The number of nitrogen functional groups attached to an aromatic ring is 1. The first-order chi connectivity index (χ1) is 7.16. The van der Waals surface area contributed by atoms with Crippen molar-refractivity contribution < 1.29 is 0 Å². The molecule has 2 rings (SSSR count). The van der Waals surface area contributed by atoms with Gasteiger partial charge >= 0.3 is 0 Å². The van der Waals surface area contributed by atoms with Crippen molar-refractivity contribution in [3.63, 3.8) is 0 Å². The van der Waals surface area contributed by atoms with Crippen molar-refractivity contribution in [2.75, 3.05) is 0 Å². The third-order valence-corrected chi connectivity index (χ3v) is 2.40. The molecule has 0 aliphatic carbocycles. The van der Waals surface area contributed by atoms with E-state index in [1.54, 1.807) is 29.2 Å². The standard InChI is InChI=1S/C9H8IN5/c10-7-4-14-15(5-7)8-3-6(9(11)12)1-2-13-8/h1-5H,(H3,11,12). The Hall–Kier alpha value is -1.44. The smallest absolute Gasteiger partial charge is 0.154 e. The maximum absolute atomic E-state index is 7.32. The van der Waals surface area contributed by atoms with Crippen molar-refractivity contribution in [3.8, 4) is 5.82 Å². The summed E-state index contributed by atoms with van der Waals surface area (Å²) in [6.07, 6.45) is 5.20. The Kier molecular flexibility index (Phi) is 2.67. The molecule has 0 fully saturated rings. The lowest BCUT2D eigenvalue weighted by atomic mass is 10.2. The molecular formula is C9H8IN5. The molecule has 0 aliphatic rings. The second kappa shape index (κ2) is 3.97. The first-order valence-electron chi connectivity index (χ1n) is 4.18. The summed E-state index contributed by atoms with van der Waals surface area (Å²) in [5.41, 5.74) is 6.03. The molecule has 0 aromatic carbocycles. The van der Waals surface area contributed by atoms with Crippen molar-refractivity contribution in [1.29, 1.82) is 5.41 Å². The summed E-state index contributed by atoms with van der Waals surface area (Å²) in [6.45, 7) is 0. The molecule has 0 amide bonds. The first kappa shape index (κ1) is 10.1. The van der Waals surface area contributed by atoms with Crippen molar-refractivity contribution >= 4 is 28.4 Å². The van der Waals surface area contributed by atoms with Crippen LogP contribution >= 0.6 is 22.6 Å². The van der Waals surface area contributed by atoms with Gasteiger partial charge in [-0.2, -0.15) is 5.10 Å². The summed E-state index contributed by atoms with van der Waals surface area (Å²) in [5, 5.41) is 11.4. The lowest BCUT2D eigenvalue weighted by Crippen LogP contribution is -2.12. The number of nitrogens with two attached hydrogens (primary N) is 1. The van der Waals surface area contributed by atoms with Crippen LogP contribution in [0.4, 0.5) is 0 Å². The summed E-state index contributed by atoms with van der Waals surface area (Å²) < 4.78 is 2.68. The number of nitrogens with one attached hydrogen (secondary N) is 1. The Morgan fingerprint density at radius 2 is 2.33 bits per heavy atom. The monoisotopic (exact) mass is 313 g/mol. The van der Waals surface area contributed by atoms with Crippen LogP contribution < -0.4 is 5.73 Å². The number of nitrogens with zero attached hydrogens (tertiary/aromatic N) is 3. The molecule has 76 valence electrons. The van der Waals surface area contributed by atoms with Gasteiger partial charge in [-0.1, -0.05) is 0 Å². The molecule has 0 unspecified atom stereocenters. The highest BCUT2D eigenvalue weighted by Gasteiger charge is 2.02. The number of aromatic nitrogens is 3. The van der Waals surface area contributed by atoms with E-state index in [9.17, 15) is 0 Å². The van der Waals surface area contributed by atoms with Crippen LogP contribution in [-0.4, -0.2) is 20.6 Å². The van der Waals surface area contributed by atoms with E-state index >= 15 is 0 Å². The van der Waals surface area contributed by atoms with Gasteiger partial charge in [0.05, 0.1) is 9.77 Å². The predicted molar refractivity (Wildman–Crippen MR) is 65.1 cm³/mol. The summed E-state index contributed by atoms with van der Waals surface area (Å²) in [5.74, 6) is 0.686. The molecule has 0 radical (unpaired) electrons. The van der Waals surface area contributed by atoms with Crippen LogP contribution in [-0.2, 0) is 0 Å². The van der Waals surface area contributed by atoms with Crippen molar-refractivity contribution in [3.05, 3.63) is 39.9 Å². The molecule has 2 aromatic heterocycles. The minimum absolute atomic E-state index is 0.0282. The van der Waals surface area contributed by atoms with Gasteiger partial charge in [-0.25, -0.2) is 9.67 Å². The van der Waals surface area contributed by atoms with Gasteiger partial charge in [0.2, 0.25) is 0 Å². The van der Waals surface area contributed by atoms with Gasteiger partial charge in [0, 0.05) is 18.0 Å². The average Bonchev–Trinajstić information content (AvgIpc) is 2.65. The third kappa shape index (κ3) is 2.14. The average molecular weight is 313 g/mol. The van der Waals surface area contributed by atoms with Gasteiger partial charge in [0.15, 0.2) is 5.82 Å². The number of rotatable bonds is 2. The second-order valence-corrected chi connectivity index (χ2v) is 4.17. The molecule has 3 N–H and O–H groups in total. The molecular weight excluding hydrogens is 305 g/mol. The van der Waals surface area contributed by atoms with Gasteiger partial charge in [0.25, 0.3) is 0 Å².